The number of hydrogen-bond donors (Lipinski definition) is 1. The monoisotopic (exact) mass is 399 g/mol. The summed E-state index contributed by atoms with van der Waals surface area (Å²) in [6, 6.07) is 13.9. The molecule has 0 bridgehead atoms. The normalized spacial score (nSPS) is 17.2. The molecule has 0 saturated heterocycles. The lowest BCUT2D eigenvalue weighted by Gasteiger charge is -2.25. The van der Waals surface area contributed by atoms with Gasteiger partial charge >= 0.3 is 0 Å². The number of aromatic nitrogens is 2. The summed E-state index contributed by atoms with van der Waals surface area (Å²) in [7, 11) is -0.363. The lowest BCUT2D eigenvalue weighted by Crippen LogP contribution is -3.10. The smallest absolute Gasteiger partial charge is 0.242 e. The summed E-state index contributed by atoms with van der Waals surface area (Å²) < 4.78 is 28.4. The second kappa shape index (κ2) is 7.31. The molecule has 0 spiro atoms. The molecule has 2 heterocycles. The van der Waals surface area contributed by atoms with Gasteiger partial charge in [-0.15, -0.1) is 0 Å². The summed E-state index contributed by atoms with van der Waals surface area (Å²) in [5.74, 6) is 1.02. The topological polar surface area (TPSA) is 59.6 Å². The molecule has 3 aromatic rings. The number of rotatable bonds is 5. The molecular weight excluding hydrogens is 372 g/mol. The number of hydrogen-bond acceptors (Lipinski definition) is 3. The van der Waals surface area contributed by atoms with Gasteiger partial charge in [-0.05, 0) is 30.7 Å². The maximum atomic E-state index is 12.5. The van der Waals surface area contributed by atoms with Crippen molar-refractivity contribution in [2.75, 3.05) is 20.6 Å². The van der Waals surface area contributed by atoms with E-state index in [0.717, 1.165) is 49.5 Å². The van der Waals surface area contributed by atoms with Crippen LogP contribution in [0.3, 0.4) is 0 Å². The number of imidazole rings is 1. The number of nitrogens with one attached hydrogen (secondary N) is 1. The van der Waals surface area contributed by atoms with Crippen LogP contribution in [-0.4, -0.2) is 42.9 Å². The van der Waals surface area contributed by atoms with Crippen molar-refractivity contribution < 1.29 is 13.3 Å². The van der Waals surface area contributed by atoms with Crippen LogP contribution in [-0.2, 0) is 36.1 Å². The van der Waals surface area contributed by atoms with Gasteiger partial charge in [0.15, 0.2) is 5.82 Å². The van der Waals surface area contributed by atoms with Gasteiger partial charge in [0, 0.05) is 32.6 Å². The second-order valence-electron chi connectivity index (χ2n) is 7.58. The fraction of sp³-hybridized carbons (Fsp3) is 0.381. The molecule has 148 valence electrons. The third-order valence-electron chi connectivity index (χ3n) is 5.61. The fourth-order valence-electron chi connectivity index (χ4n) is 4.04. The summed E-state index contributed by atoms with van der Waals surface area (Å²) in [6.45, 7) is 5.85. The zero-order chi connectivity index (χ0) is 19.9. The van der Waals surface area contributed by atoms with Gasteiger partial charge in [-0.25, -0.2) is 17.7 Å². The first kappa shape index (κ1) is 19.1. The molecule has 1 aliphatic heterocycles. The number of aryl methyl sites for hydroxylation is 1. The molecule has 0 saturated carbocycles. The number of fused-ring (bicyclic) bond motifs is 2. The van der Waals surface area contributed by atoms with E-state index < -0.39 is 10.0 Å². The molecule has 0 radical (unpaired) electrons. The minimum absolute atomic E-state index is 0.288. The van der Waals surface area contributed by atoms with Crippen LogP contribution < -0.4 is 4.90 Å². The number of sulfonamides is 1. The number of quaternary nitrogens is 1. The predicted octanol–water partition coefficient (Wildman–Crippen LogP) is 1.45. The predicted molar refractivity (Wildman–Crippen MR) is 110 cm³/mol. The van der Waals surface area contributed by atoms with Gasteiger partial charge < -0.3 is 9.47 Å². The van der Waals surface area contributed by atoms with E-state index in [0.29, 0.717) is 0 Å². The molecule has 1 aromatic heterocycles. The first-order chi connectivity index (χ1) is 13.4. The maximum Gasteiger partial charge on any atom is 0.242 e. The van der Waals surface area contributed by atoms with E-state index in [1.165, 1.54) is 20.3 Å². The molecule has 6 nitrogen and oxygen atoms in total. The largest absolute Gasteiger partial charge is 0.325 e. The van der Waals surface area contributed by atoms with Crippen molar-refractivity contribution in [3.63, 3.8) is 0 Å². The first-order valence-electron chi connectivity index (χ1n) is 9.72. The third kappa shape index (κ3) is 3.34. The molecule has 0 aliphatic carbocycles. The van der Waals surface area contributed by atoms with Gasteiger partial charge in [0.25, 0.3) is 0 Å². The van der Waals surface area contributed by atoms with Crippen LogP contribution in [0.25, 0.3) is 11.0 Å². The van der Waals surface area contributed by atoms with Crippen LogP contribution in [0.1, 0.15) is 23.9 Å². The zero-order valence-electron chi connectivity index (χ0n) is 16.6. The standard InChI is InChI=1S/C21H26N4O2S/c1-4-25-20-10-9-18(28(26,27)23(2)3)13-19(20)22-21(25)15-24-12-11-16-7-5-6-8-17(16)14-24/h5-10,13H,4,11-12,14-15H2,1-3H3/p+1. The van der Waals surface area contributed by atoms with E-state index in [4.69, 9.17) is 4.98 Å². The second-order valence-corrected chi connectivity index (χ2v) is 9.73. The van der Waals surface area contributed by atoms with E-state index in [-0.39, 0.29) is 4.90 Å². The average Bonchev–Trinajstić information content (AvgIpc) is 3.03. The molecule has 1 N–H and O–H groups in total. The Bertz CT molecular complexity index is 1120. The zero-order valence-corrected chi connectivity index (χ0v) is 17.5. The van der Waals surface area contributed by atoms with Crippen molar-refractivity contribution in [1.29, 1.82) is 0 Å². The van der Waals surface area contributed by atoms with Crippen LogP contribution in [0, 0.1) is 0 Å². The maximum absolute atomic E-state index is 12.5. The molecule has 1 aliphatic rings. The Hall–Kier alpha value is -2.22. The van der Waals surface area contributed by atoms with E-state index in [2.05, 4.69) is 35.8 Å². The van der Waals surface area contributed by atoms with Crippen molar-refractivity contribution >= 4 is 21.1 Å². The molecule has 2 aromatic carbocycles. The Morgan fingerprint density at radius 2 is 1.89 bits per heavy atom. The fourth-order valence-corrected chi connectivity index (χ4v) is 4.96. The van der Waals surface area contributed by atoms with Gasteiger partial charge in [0.2, 0.25) is 10.0 Å². The minimum Gasteiger partial charge on any atom is -0.325 e. The van der Waals surface area contributed by atoms with Crippen molar-refractivity contribution in [3.8, 4) is 0 Å². The lowest BCUT2D eigenvalue weighted by atomic mass is 10.00. The van der Waals surface area contributed by atoms with Gasteiger partial charge in [-0.2, -0.15) is 0 Å². The quantitative estimate of drug-likeness (QED) is 0.706. The molecular formula is C21H27N4O2S+. The van der Waals surface area contributed by atoms with E-state index in [1.54, 1.807) is 26.2 Å². The SMILES string of the molecule is CCn1c(C[NH+]2CCc3ccccc3C2)nc2cc(S(=O)(=O)N(C)C)ccc21. The Labute approximate surface area is 166 Å². The highest BCUT2D eigenvalue weighted by Crippen LogP contribution is 2.22. The minimum atomic E-state index is -3.46. The Morgan fingerprint density at radius 1 is 1.14 bits per heavy atom. The van der Waals surface area contributed by atoms with Crippen molar-refractivity contribution in [3.05, 3.63) is 59.4 Å². The first-order valence-corrected chi connectivity index (χ1v) is 11.2. The lowest BCUT2D eigenvalue weighted by molar-refractivity contribution is -0.930. The van der Waals surface area contributed by atoms with Crippen LogP contribution in [0.2, 0.25) is 0 Å². The van der Waals surface area contributed by atoms with E-state index in [9.17, 15) is 8.42 Å². The Kier molecular flexibility index (Phi) is 4.99. The summed E-state index contributed by atoms with van der Waals surface area (Å²) in [5, 5.41) is 0. The van der Waals surface area contributed by atoms with Gasteiger partial charge in [-0.3, -0.25) is 0 Å². The summed E-state index contributed by atoms with van der Waals surface area (Å²) in [6.07, 6.45) is 1.09. The van der Waals surface area contributed by atoms with Crippen LogP contribution in [0.4, 0.5) is 0 Å². The summed E-state index contributed by atoms with van der Waals surface area (Å²) >= 11 is 0. The van der Waals surface area contributed by atoms with Gasteiger partial charge in [0.05, 0.1) is 22.5 Å². The molecule has 28 heavy (non-hydrogen) atoms. The molecule has 0 amide bonds. The van der Waals surface area contributed by atoms with Crippen LogP contribution >= 0.6 is 0 Å². The van der Waals surface area contributed by atoms with Crippen LogP contribution in [0.15, 0.2) is 47.4 Å². The average molecular weight is 400 g/mol. The number of benzene rings is 2. The van der Waals surface area contributed by atoms with E-state index >= 15 is 0 Å². The number of nitrogens with zero attached hydrogens (tertiary/aromatic N) is 3. The highest BCUT2D eigenvalue weighted by molar-refractivity contribution is 7.89. The van der Waals surface area contributed by atoms with E-state index in [1.807, 2.05) is 6.07 Å². The summed E-state index contributed by atoms with van der Waals surface area (Å²) in [5.41, 5.74) is 4.61. The van der Waals surface area contributed by atoms with Crippen molar-refractivity contribution in [2.45, 2.75) is 37.9 Å². The third-order valence-corrected chi connectivity index (χ3v) is 7.42. The van der Waals surface area contributed by atoms with Crippen molar-refractivity contribution in [2.24, 2.45) is 0 Å². The molecule has 4 rings (SSSR count). The Balaban J connectivity index is 1.66. The highest BCUT2D eigenvalue weighted by atomic mass is 32.2. The van der Waals surface area contributed by atoms with Gasteiger partial charge in [0.1, 0.15) is 13.1 Å². The summed E-state index contributed by atoms with van der Waals surface area (Å²) in [4.78, 5) is 6.61. The molecule has 1 unspecified atom stereocenters. The van der Waals surface area contributed by atoms with Crippen LogP contribution in [0.5, 0.6) is 0 Å². The highest BCUT2D eigenvalue weighted by Gasteiger charge is 2.23. The van der Waals surface area contributed by atoms with Gasteiger partial charge in [-0.1, -0.05) is 24.3 Å². The van der Waals surface area contributed by atoms with Crippen molar-refractivity contribution in [1.82, 2.24) is 13.9 Å². The molecule has 7 heteroatoms. The Morgan fingerprint density at radius 3 is 2.61 bits per heavy atom. The molecule has 0 fully saturated rings. The molecule has 1 atom stereocenters.